The number of carboxylic acids is 1. The fraction of sp³-hybridized carbons (Fsp3) is 0.474. The first-order valence-corrected chi connectivity index (χ1v) is 9.45. The van der Waals surface area contributed by atoms with Crippen LogP contribution in [0.15, 0.2) is 24.4 Å². The Bertz CT molecular complexity index is 1020. The SMILES string of the molecule is Cc1cn(-c2cc(NC(=O)N3C4CC(C)CC3(C(=O)O)C4)ccc2C(F)(F)F)nn1. The van der Waals surface area contributed by atoms with Crippen LogP contribution in [0.5, 0.6) is 0 Å². The van der Waals surface area contributed by atoms with E-state index < -0.39 is 29.3 Å². The second-order valence-electron chi connectivity index (χ2n) is 8.07. The Balaban J connectivity index is 1.64. The van der Waals surface area contributed by atoms with Crippen LogP contribution in [0.3, 0.4) is 0 Å². The van der Waals surface area contributed by atoms with Gasteiger partial charge in [0.1, 0.15) is 5.54 Å². The van der Waals surface area contributed by atoms with Crippen LogP contribution in [0.4, 0.5) is 23.7 Å². The molecule has 2 N–H and O–H groups in total. The molecule has 3 heterocycles. The molecule has 4 rings (SSSR count). The summed E-state index contributed by atoms with van der Waals surface area (Å²) in [4.78, 5) is 26.0. The molecule has 3 atom stereocenters. The van der Waals surface area contributed by atoms with E-state index in [4.69, 9.17) is 0 Å². The Kier molecular flexibility index (Phi) is 4.51. The number of carboxylic acid groups (broad SMARTS) is 1. The molecule has 2 bridgehead atoms. The third kappa shape index (κ3) is 3.17. The lowest BCUT2D eigenvalue weighted by Gasteiger charge is -2.60. The molecule has 2 fully saturated rings. The highest BCUT2D eigenvalue weighted by molar-refractivity contribution is 5.96. The van der Waals surface area contributed by atoms with Crippen LogP contribution in [0.1, 0.15) is 37.4 Å². The second kappa shape index (κ2) is 6.71. The number of nitrogens with one attached hydrogen (secondary N) is 1. The summed E-state index contributed by atoms with van der Waals surface area (Å²) in [6.07, 6.45) is -1.86. The van der Waals surface area contributed by atoms with Crippen molar-refractivity contribution in [1.29, 1.82) is 0 Å². The quantitative estimate of drug-likeness (QED) is 0.788. The molecule has 30 heavy (non-hydrogen) atoms. The molecule has 1 aromatic carbocycles. The lowest BCUT2D eigenvalue weighted by molar-refractivity contribution is -0.173. The van der Waals surface area contributed by atoms with Crippen molar-refractivity contribution in [2.75, 3.05) is 5.32 Å². The molecule has 0 saturated carbocycles. The molecule has 0 spiro atoms. The number of aryl methyl sites for hydroxylation is 1. The highest BCUT2D eigenvalue weighted by Crippen LogP contribution is 2.50. The number of aliphatic carboxylic acids is 1. The number of halogens is 3. The number of hydrogen-bond acceptors (Lipinski definition) is 4. The van der Waals surface area contributed by atoms with Crippen LogP contribution in [0, 0.1) is 12.8 Å². The van der Waals surface area contributed by atoms with Crippen molar-refractivity contribution < 1.29 is 27.9 Å². The average Bonchev–Trinajstić information content (AvgIpc) is 3.06. The van der Waals surface area contributed by atoms with Gasteiger partial charge in [0, 0.05) is 18.2 Å². The van der Waals surface area contributed by atoms with E-state index in [1.165, 1.54) is 11.1 Å². The molecule has 2 saturated heterocycles. The molecule has 2 aliphatic heterocycles. The maximum Gasteiger partial charge on any atom is 0.418 e. The van der Waals surface area contributed by atoms with Gasteiger partial charge < -0.3 is 15.3 Å². The van der Waals surface area contributed by atoms with Gasteiger partial charge in [0.15, 0.2) is 0 Å². The average molecular weight is 423 g/mol. The van der Waals surface area contributed by atoms with E-state index in [-0.39, 0.29) is 23.3 Å². The van der Waals surface area contributed by atoms with Gasteiger partial charge in [-0.3, -0.25) is 0 Å². The fourth-order valence-corrected chi connectivity index (χ4v) is 4.64. The molecule has 2 aromatic rings. The van der Waals surface area contributed by atoms with Crippen molar-refractivity contribution in [2.24, 2.45) is 5.92 Å². The number of aromatic nitrogens is 3. The van der Waals surface area contributed by atoms with Crippen LogP contribution in [0.2, 0.25) is 0 Å². The molecule has 160 valence electrons. The van der Waals surface area contributed by atoms with Gasteiger partial charge in [-0.1, -0.05) is 12.1 Å². The highest BCUT2D eigenvalue weighted by atomic mass is 19.4. The van der Waals surface area contributed by atoms with E-state index in [9.17, 15) is 27.9 Å². The summed E-state index contributed by atoms with van der Waals surface area (Å²) in [5.41, 5.74) is -1.93. The lowest BCUT2D eigenvalue weighted by Crippen LogP contribution is -2.75. The smallest absolute Gasteiger partial charge is 0.418 e. The van der Waals surface area contributed by atoms with Gasteiger partial charge in [-0.25, -0.2) is 14.3 Å². The topological polar surface area (TPSA) is 100 Å². The van der Waals surface area contributed by atoms with E-state index in [1.807, 2.05) is 6.92 Å². The number of fused-ring (bicyclic) bond motifs is 2. The van der Waals surface area contributed by atoms with Gasteiger partial charge in [-0.05, 0) is 43.9 Å². The van der Waals surface area contributed by atoms with E-state index in [0.29, 0.717) is 25.0 Å². The number of urea groups is 1. The van der Waals surface area contributed by atoms with Crippen molar-refractivity contribution in [3.8, 4) is 5.69 Å². The summed E-state index contributed by atoms with van der Waals surface area (Å²) in [6, 6.07) is 2.31. The first kappa shape index (κ1) is 20.2. The molecule has 1 aromatic heterocycles. The van der Waals surface area contributed by atoms with Gasteiger partial charge in [-0.15, -0.1) is 5.10 Å². The number of benzene rings is 1. The minimum atomic E-state index is -4.63. The summed E-state index contributed by atoms with van der Waals surface area (Å²) in [7, 11) is 0. The second-order valence-corrected chi connectivity index (χ2v) is 8.07. The number of carbonyl (C=O) groups excluding carboxylic acids is 1. The first-order valence-electron chi connectivity index (χ1n) is 9.45. The Labute approximate surface area is 169 Å². The van der Waals surface area contributed by atoms with Crippen molar-refractivity contribution in [3.05, 3.63) is 35.7 Å². The van der Waals surface area contributed by atoms with Crippen molar-refractivity contribution in [1.82, 2.24) is 19.9 Å². The molecule has 2 amide bonds. The monoisotopic (exact) mass is 423 g/mol. The maximum atomic E-state index is 13.4. The Hall–Kier alpha value is -3.11. The molecule has 8 nitrogen and oxygen atoms in total. The predicted octanol–water partition coefficient (Wildman–Crippen LogP) is 3.45. The van der Waals surface area contributed by atoms with E-state index >= 15 is 0 Å². The zero-order valence-corrected chi connectivity index (χ0v) is 16.3. The van der Waals surface area contributed by atoms with Crippen LogP contribution in [-0.2, 0) is 11.0 Å². The van der Waals surface area contributed by atoms with Crippen LogP contribution in [-0.4, -0.2) is 48.6 Å². The normalized spacial score (nSPS) is 25.6. The van der Waals surface area contributed by atoms with Gasteiger partial charge >= 0.3 is 18.2 Å². The number of hydrogen-bond donors (Lipinski definition) is 2. The van der Waals surface area contributed by atoms with E-state index in [1.54, 1.807) is 6.92 Å². The molecule has 2 aliphatic rings. The number of nitrogens with zero attached hydrogens (tertiary/aromatic N) is 4. The molecule has 0 aliphatic carbocycles. The molecule has 0 radical (unpaired) electrons. The largest absolute Gasteiger partial charge is 0.479 e. The first-order chi connectivity index (χ1) is 14.0. The third-order valence-electron chi connectivity index (χ3n) is 5.79. The van der Waals surface area contributed by atoms with Crippen molar-refractivity contribution in [3.63, 3.8) is 0 Å². The maximum absolute atomic E-state index is 13.4. The summed E-state index contributed by atoms with van der Waals surface area (Å²) < 4.78 is 41.3. The fourth-order valence-electron chi connectivity index (χ4n) is 4.64. The summed E-state index contributed by atoms with van der Waals surface area (Å²) in [6.45, 7) is 3.54. The zero-order valence-electron chi connectivity index (χ0n) is 16.3. The minimum absolute atomic E-state index is 0.106. The number of rotatable bonds is 3. The van der Waals surface area contributed by atoms with Gasteiger partial charge in [-0.2, -0.15) is 13.2 Å². The van der Waals surface area contributed by atoms with Crippen LogP contribution >= 0.6 is 0 Å². The Morgan fingerprint density at radius 2 is 2.03 bits per heavy atom. The summed E-state index contributed by atoms with van der Waals surface area (Å²) >= 11 is 0. The van der Waals surface area contributed by atoms with Gasteiger partial charge in [0.25, 0.3) is 0 Å². The van der Waals surface area contributed by atoms with Gasteiger partial charge in [0.05, 0.1) is 23.1 Å². The number of anilines is 1. The van der Waals surface area contributed by atoms with Crippen molar-refractivity contribution in [2.45, 2.75) is 50.9 Å². The Morgan fingerprint density at radius 3 is 2.63 bits per heavy atom. The molecule has 3 unspecified atom stereocenters. The van der Waals surface area contributed by atoms with Gasteiger partial charge in [0.2, 0.25) is 0 Å². The number of amides is 2. The highest BCUT2D eigenvalue weighted by Gasteiger charge is 2.63. The third-order valence-corrected chi connectivity index (χ3v) is 5.79. The van der Waals surface area contributed by atoms with Crippen LogP contribution < -0.4 is 5.32 Å². The predicted molar refractivity (Wildman–Crippen MR) is 99.1 cm³/mol. The van der Waals surface area contributed by atoms with E-state index in [2.05, 4.69) is 15.6 Å². The number of piperidine rings is 1. The van der Waals surface area contributed by atoms with E-state index in [0.717, 1.165) is 22.9 Å². The molecule has 11 heteroatoms. The molecular weight excluding hydrogens is 403 g/mol. The minimum Gasteiger partial charge on any atom is -0.479 e. The van der Waals surface area contributed by atoms with Crippen LogP contribution in [0.25, 0.3) is 5.69 Å². The zero-order chi connectivity index (χ0) is 21.8. The van der Waals surface area contributed by atoms with Crippen molar-refractivity contribution >= 4 is 17.7 Å². The number of carbonyl (C=O) groups is 2. The standard InChI is InChI=1S/C19H20F3N5O3/c1-10-5-13-8-18(7-10,16(28)29)27(13)17(30)23-12-3-4-14(19(20,21)22)15(6-12)26-9-11(2)24-25-26/h3-4,6,9-10,13H,5,7-8H2,1-2H3,(H,23,30)(H,28,29). The number of alkyl halides is 3. The summed E-state index contributed by atoms with van der Waals surface area (Å²) in [5, 5.41) is 19.7. The Morgan fingerprint density at radius 1 is 1.30 bits per heavy atom. The summed E-state index contributed by atoms with van der Waals surface area (Å²) in [5.74, 6) is -0.885. The molecular formula is C19H20F3N5O3. The lowest BCUT2D eigenvalue weighted by atomic mass is 9.64.